The summed E-state index contributed by atoms with van der Waals surface area (Å²) in [5.41, 5.74) is 3.39. The van der Waals surface area contributed by atoms with Crippen LogP contribution in [0.4, 0.5) is 0 Å². The largest absolute Gasteiger partial charge is 0.345 e. The predicted molar refractivity (Wildman–Crippen MR) is 107 cm³/mol. The van der Waals surface area contributed by atoms with Gasteiger partial charge in [0.05, 0.1) is 17.4 Å². The molecule has 3 amide bonds. The van der Waals surface area contributed by atoms with Crippen LogP contribution >= 0.6 is 0 Å². The Morgan fingerprint density at radius 3 is 2.38 bits per heavy atom. The Morgan fingerprint density at radius 1 is 1.07 bits per heavy atom. The van der Waals surface area contributed by atoms with Crippen molar-refractivity contribution in [3.63, 3.8) is 0 Å². The molecule has 8 nitrogen and oxygen atoms in total. The third-order valence-corrected chi connectivity index (χ3v) is 5.53. The van der Waals surface area contributed by atoms with Gasteiger partial charge in [0.1, 0.15) is 0 Å². The maximum atomic E-state index is 13.1. The number of piperazine rings is 1. The fourth-order valence-corrected chi connectivity index (χ4v) is 3.76. The van der Waals surface area contributed by atoms with Crippen LogP contribution in [0, 0.1) is 13.8 Å². The second kappa shape index (κ2) is 7.69. The molecule has 0 bridgehead atoms. The number of rotatable bonds is 3. The fourth-order valence-electron chi connectivity index (χ4n) is 3.76. The highest BCUT2D eigenvalue weighted by molar-refractivity contribution is 6.35. The second-order valence-corrected chi connectivity index (χ2v) is 7.66. The quantitative estimate of drug-likeness (QED) is 0.787. The van der Waals surface area contributed by atoms with Crippen molar-refractivity contribution >= 4 is 17.7 Å². The Hall–Kier alpha value is -3.16. The Labute approximate surface area is 169 Å². The molecule has 29 heavy (non-hydrogen) atoms. The van der Waals surface area contributed by atoms with Crippen LogP contribution in [0.5, 0.6) is 0 Å². The summed E-state index contributed by atoms with van der Waals surface area (Å²) in [4.78, 5) is 44.8. The van der Waals surface area contributed by atoms with E-state index in [1.54, 1.807) is 17.3 Å². The lowest BCUT2D eigenvalue weighted by Crippen LogP contribution is -2.54. The number of nitrogens with one attached hydrogen (secondary N) is 1. The minimum atomic E-state index is -0.535. The SMILES string of the molecule is Cc1cc(C(=O)N2CCN(C(=O)C(=O)NC3CC3)CC2)c(C)n1-c1cccnc1. The summed E-state index contributed by atoms with van der Waals surface area (Å²) in [6.07, 6.45) is 5.37. The summed E-state index contributed by atoms with van der Waals surface area (Å²) in [6.45, 7) is 5.45. The molecule has 152 valence electrons. The molecule has 0 radical (unpaired) electrons. The lowest BCUT2D eigenvalue weighted by atomic mass is 10.2. The second-order valence-electron chi connectivity index (χ2n) is 7.66. The van der Waals surface area contributed by atoms with Gasteiger partial charge in [0.15, 0.2) is 0 Å². The monoisotopic (exact) mass is 395 g/mol. The molecule has 2 aliphatic rings. The predicted octanol–water partition coefficient (Wildman–Crippen LogP) is 1.05. The number of aryl methyl sites for hydroxylation is 1. The Balaban J connectivity index is 1.42. The maximum absolute atomic E-state index is 13.1. The number of aromatic nitrogens is 2. The average Bonchev–Trinajstić information content (AvgIpc) is 3.50. The van der Waals surface area contributed by atoms with Crippen LogP contribution in [0.3, 0.4) is 0 Å². The van der Waals surface area contributed by atoms with Gasteiger partial charge < -0.3 is 19.7 Å². The van der Waals surface area contributed by atoms with Crippen molar-refractivity contribution in [1.82, 2.24) is 24.7 Å². The van der Waals surface area contributed by atoms with E-state index in [0.717, 1.165) is 29.9 Å². The topological polar surface area (TPSA) is 87.5 Å². The van der Waals surface area contributed by atoms with Crippen molar-refractivity contribution in [3.8, 4) is 5.69 Å². The number of carbonyl (C=O) groups excluding carboxylic acids is 3. The van der Waals surface area contributed by atoms with Gasteiger partial charge in [-0.15, -0.1) is 0 Å². The molecule has 2 aromatic heterocycles. The molecule has 0 aromatic carbocycles. The Morgan fingerprint density at radius 2 is 1.76 bits per heavy atom. The first-order valence-electron chi connectivity index (χ1n) is 9.94. The summed E-state index contributed by atoms with van der Waals surface area (Å²) in [5, 5.41) is 2.72. The highest BCUT2D eigenvalue weighted by Crippen LogP contribution is 2.22. The first kappa shape index (κ1) is 19.2. The Bertz CT molecular complexity index is 941. The molecule has 1 aliphatic heterocycles. The average molecular weight is 395 g/mol. The van der Waals surface area contributed by atoms with E-state index < -0.39 is 11.8 Å². The lowest BCUT2D eigenvalue weighted by Gasteiger charge is -2.34. The van der Waals surface area contributed by atoms with Gasteiger partial charge in [-0.25, -0.2) is 0 Å². The molecule has 3 heterocycles. The smallest absolute Gasteiger partial charge is 0.312 e. The molecule has 2 aromatic rings. The van der Waals surface area contributed by atoms with E-state index in [1.165, 1.54) is 4.90 Å². The fraction of sp³-hybridized carbons (Fsp3) is 0.429. The molecule has 0 spiro atoms. The van der Waals surface area contributed by atoms with Gasteiger partial charge >= 0.3 is 11.8 Å². The first-order chi connectivity index (χ1) is 14.0. The van der Waals surface area contributed by atoms with E-state index in [9.17, 15) is 14.4 Å². The zero-order valence-electron chi connectivity index (χ0n) is 16.7. The third-order valence-electron chi connectivity index (χ3n) is 5.53. The van der Waals surface area contributed by atoms with Gasteiger partial charge in [0.2, 0.25) is 0 Å². The van der Waals surface area contributed by atoms with Gasteiger partial charge in [-0.05, 0) is 44.9 Å². The van der Waals surface area contributed by atoms with Crippen LogP contribution < -0.4 is 5.32 Å². The zero-order chi connectivity index (χ0) is 20.5. The van der Waals surface area contributed by atoms with Crippen LogP contribution in [0.25, 0.3) is 5.69 Å². The van der Waals surface area contributed by atoms with Crippen molar-refractivity contribution in [2.45, 2.75) is 32.7 Å². The van der Waals surface area contributed by atoms with E-state index in [0.29, 0.717) is 31.7 Å². The van der Waals surface area contributed by atoms with Gasteiger partial charge in [0, 0.05) is 49.8 Å². The number of pyridine rings is 1. The standard InChI is InChI=1S/C21H25N5O3/c1-14-12-18(15(2)26(14)17-4-3-7-22-13-17)20(28)24-8-10-25(11-9-24)21(29)19(27)23-16-5-6-16/h3-4,7,12-13,16H,5-6,8-11H2,1-2H3,(H,23,27). The summed E-state index contributed by atoms with van der Waals surface area (Å²) in [6, 6.07) is 5.87. The minimum Gasteiger partial charge on any atom is -0.345 e. The number of hydrogen-bond acceptors (Lipinski definition) is 4. The summed E-state index contributed by atoms with van der Waals surface area (Å²) >= 11 is 0. The van der Waals surface area contributed by atoms with Crippen molar-refractivity contribution in [3.05, 3.63) is 47.5 Å². The molecular formula is C21H25N5O3. The van der Waals surface area contributed by atoms with Gasteiger partial charge in [-0.2, -0.15) is 0 Å². The third kappa shape index (κ3) is 3.87. The van der Waals surface area contributed by atoms with E-state index in [-0.39, 0.29) is 11.9 Å². The van der Waals surface area contributed by atoms with Crippen molar-refractivity contribution in [2.75, 3.05) is 26.2 Å². The first-order valence-corrected chi connectivity index (χ1v) is 9.94. The van der Waals surface area contributed by atoms with Crippen LogP contribution in [0.2, 0.25) is 0 Å². The number of nitrogens with zero attached hydrogens (tertiary/aromatic N) is 4. The van der Waals surface area contributed by atoms with E-state index in [2.05, 4.69) is 10.3 Å². The molecule has 1 N–H and O–H groups in total. The number of carbonyl (C=O) groups is 3. The maximum Gasteiger partial charge on any atom is 0.312 e. The van der Waals surface area contributed by atoms with Crippen molar-refractivity contribution in [2.24, 2.45) is 0 Å². The molecule has 2 fully saturated rings. The van der Waals surface area contributed by atoms with E-state index >= 15 is 0 Å². The Kier molecular flexibility index (Phi) is 5.08. The van der Waals surface area contributed by atoms with Crippen LogP contribution in [-0.2, 0) is 9.59 Å². The number of hydrogen-bond donors (Lipinski definition) is 1. The lowest BCUT2D eigenvalue weighted by molar-refractivity contribution is -0.146. The van der Waals surface area contributed by atoms with E-state index in [4.69, 9.17) is 0 Å². The molecule has 1 saturated heterocycles. The van der Waals surface area contributed by atoms with Crippen LogP contribution in [0.1, 0.15) is 34.6 Å². The summed E-state index contributed by atoms with van der Waals surface area (Å²) in [5.74, 6) is -1.09. The van der Waals surface area contributed by atoms with Gasteiger partial charge in [-0.3, -0.25) is 19.4 Å². The molecule has 1 aliphatic carbocycles. The molecule has 0 unspecified atom stereocenters. The van der Waals surface area contributed by atoms with Crippen LogP contribution in [0.15, 0.2) is 30.6 Å². The summed E-state index contributed by atoms with van der Waals surface area (Å²) in [7, 11) is 0. The normalized spacial score (nSPS) is 16.6. The van der Waals surface area contributed by atoms with Crippen LogP contribution in [-0.4, -0.2) is 69.3 Å². The van der Waals surface area contributed by atoms with Crippen molar-refractivity contribution in [1.29, 1.82) is 0 Å². The van der Waals surface area contributed by atoms with E-state index in [1.807, 2.05) is 36.6 Å². The van der Waals surface area contributed by atoms with Gasteiger partial charge in [-0.1, -0.05) is 0 Å². The zero-order valence-corrected chi connectivity index (χ0v) is 16.7. The van der Waals surface area contributed by atoms with Crippen molar-refractivity contribution < 1.29 is 14.4 Å². The minimum absolute atomic E-state index is 0.0530. The molecule has 1 saturated carbocycles. The highest BCUT2D eigenvalue weighted by atomic mass is 16.2. The molecule has 4 rings (SSSR count). The number of amides is 3. The summed E-state index contributed by atoms with van der Waals surface area (Å²) < 4.78 is 2.02. The highest BCUT2D eigenvalue weighted by Gasteiger charge is 2.32. The molecular weight excluding hydrogens is 370 g/mol. The van der Waals surface area contributed by atoms with Gasteiger partial charge in [0.25, 0.3) is 5.91 Å². The molecule has 8 heteroatoms. The molecule has 0 atom stereocenters.